The highest BCUT2D eigenvalue weighted by molar-refractivity contribution is 5.27. The highest BCUT2D eigenvalue weighted by Gasteiger charge is 2.00. The molecule has 1 aromatic rings. The Morgan fingerprint density at radius 1 is 1.11 bits per heavy atom. The number of aryl methyl sites for hydroxylation is 1. The Kier molecular flexibility index (Phi) is 8.29. The normalized spacial score (nSPS) is 10.5. The van der Waals surface area contributed by atoms with E-state index in [0.29, 0.717) is 0 Å². The van der Waals surface area contributed by atoms with E-state index in [1.807, 2.05) is 12.1 Å². The van der Waals surface area contributed by atoms with E-state index in [1.165, 1.54) is 62.5 Å². The first-order valence-corrected chi connectivity index (χ1v) is 7.47. The molecule has 18 heavy (non-hydrogen) atoms. The highest BCUT2D eigenvalue weighted by atomic mass is 14.0. The van der Waals surface area contributed by atoms with Crippen LogP contribution in [0.5, 0.6) is 0 Å². The van der Waals surface area contributed by atoms with Gasteiger partial charge >= 0.3 is 0 Å². The first kappa shape index (κ1) is 15.0. The molecule has 0 saturated heterocycles. The van der Waals surface area contributed by atoms with Gasteiger partial charge in [0.15, 0.2) is 0 Å². The zero-order valence-electron chi connectivity index (χ0n) is 11.9. The monoisotopic (exact) mass is 243 g/mol. The molecule has 0 heterocycles. The predicted molar refractivity (Wildman–Crippen MR) is 80.9 cm³/mol. The van der Waals surface area contributed by atoms with Crippen molar-refractivity contribution in [1.29, 1.82) is 0 Å². The summed E-state index contributed by atoms with van der Waals surface area (Å²) in [6.45, 7) is 6.09. The van der Waals surface area contributed by atoms with Crippen LogP contribution in [0.25, 0.3) is 0 Å². The fourth-order valence-electron chi connectivity index (χ4n) is 2.34. The van der Waals surface area contributed by atoms with Crippen LogP contribution >= 0.6 is 0 Å². The molecule has 1 radical (unpaired) electrons. The lowest BCUT2D eigenvalue weighted by atomic mass is 9.98. The molecule has 0 aliphatic heterocycles. The van der Waals surface area contributed by atoms with Crippen molar-refractivity contribution in [2.24, 2.45) is 0 Å². The Morgan fingerprint density at radius 3 is 2.56 bits per heavy atom. The summed E-state index contributed by atoms with van der Waals surface area (Å²) in [6, 6.07) is 9.70. The second kappa shape index (κ2) is 9.94. The van der Waals surface area contributed by atoms with Crippen LogP contribution < -0.4 is 0 Å². The summed E-state index contributed by atoms with van der Waals surface area (Å²) in [6.07, 6.45) is 13.8. The van der Waals surface area contributed by atoms with Gasteiger partial charge in [0.05, 0.1) is 0 Å². The van der Waals surface area contributed by atoms with Crippen LogP contribution in [0, 0.1) is 6.07 Å². The van der Waals surface area contributed by atoms with Gasteiger partial charge in [0.2, 0.25) is 0 Å². The second-order valence-electron chi connectivity index (χ2n) is 5.04. The maximum absolute atomic E-state index is 3.82. The zero-order valence-corrected chi connectivity index (χ0v) is 11.9. The molecule has 0 amide bonds. The lowest BCUT2D eigenvalue weighted by Gasteiger charge is -2.07. The minimum absolute atomic E-state index is 0.975. The maximum atomic E-state index is 3.82. The second-order valence-corrected chi connectivity index (χ2v) is 5.04. The minimum atomic E-state index is 0.975. The van der Waals surface area contributed by atoms with Crippen LogP contribution in [0.15, 0.2) is 30.9 Å². The van der Waals surface area contributed by atoms with Crippen molar-refractivity contribution in [1.82, 2.24) is 0 Å². The van der Waals surface area contributed by atoms with Crippen LogP contribution in [0.1, 0.15) is 63.0 Å². The summed E-state index contributed by atoms with van der Waals surface area (Å²) >= 11 is 0. The van der Waals surface area contributed by atoms with Crippen molar-refractivity contribution in [3.05, 3.63) is 48.0 Å². The van der Waals surface area contributed by atoms with E-state index in [9.17, 15) is 0 Å². The zero-order chi connectivity index (χ0) is 13.1. The quantitative estimate of drug-likeness (QED) is 0.375. The molecule has 0 heteroatoms. The van der Waals surface area contributed by atoms with E-state index in [1.54, 1.807) is 0 Å². The molecule has 0 N–H and O–H groups in total. The molecule has 0 fully saturated rings. The summed E-state index contributed by atoms with van der Waals surface area (Å²) in [4.78, 5) is 0. The molecule has 0 nitrogen and oxygen atoms in total. The van der Waals surface area contributed by atoms with Gasteiger partial charge in [-0.1, -0.05) is 69.7 Å². The van der Waals surface area contributed by atoms with E-state index in [-0.39, 0.29) is 0 Å². The highest BCUT2D eigenvalue weighted by Crippen LogP contribution is 2.14. The fraction of sp³-hybridized carbons (Fsp3) is 0.556. The van der Waals surface area contributed by atoms with E-state index >= 15 is 0 Å². The summed E-state index contributed by atoms with van der Waals surface area (Å²) < 4.78 is 0. The van der Waals surface area contributed by atoms with Crippen LogP contribution in [-0.4, -0.2) is 0 Å². The number of hydrogen-bond acceptors (Lipinski definition) is 0. The third-order valence-corrected chi connectivity index (χ3v) is 3.43. The van der Waals surface area contributed by atoms with E-state index in [0.717, 1.165) is 6.42 Å². The molecule has 0 unspecified atom stereocenters. The summed E-state index contributed by atoms with van der Waals surface area (Å²) in [5.74, 6) is 0. The number of allylic oxidation sites excluding steroid dienone is 1. The molecule has 1 aromatic carbocycles. The Bertz CT molecular complexity index is 325. The SMILES string of the molecule is C=CCc1ccc[c]c1CCCCCCCCC. The standard InChI is InChI=1S/C18H27/c1-3-5-6-7-8-9-10-14-18-16-12-11-15-17(18)13-4-2/h4,11-12,15H,2-3,5-10,13-14H2,1H3. The van der Waals surface area contributed by atoms with Crippen LogP contribution in [0.2, 0.25) is 0 Å². The first-order chi connectivity index (χ1) is 8.88. The Balaban J connectivity index is 2.20. The van der Waals surface area contributed by atoms with Crippen molar-refractivity contribution >= 4 is 0 Å². The number of rotatable bonds is 10. The van der Waals surface area contributed by atoms with E-state index < -0.39 is 0 Å². The lowest BCUT2D eigenvalue weighted by molar-refractivity contribution is 0.589. The van der Waals surface area contributed by atoms with Gasteiger partial charge in [-0.05, 0) is 36.5 Å². The summed E-state index contributed by atoms with van der Waals surface area (Å²) in [5.41, 5.74) is 2.80. The Hall–Kier alpha value is -1.04. The van der Waals surface area contributed by atoms with Gasteiger partial charge in [-0.2, -0.15) is 0 Å². The molecule has 0 aromatic heterocycles. The van der Waals surface area contributed by atoms with Gasteiger partial charge < -0.3 is 0 Å². The maximum Gasteiger partial charge on any atom is -0.00972 e. The molecule has 99 valence electrons. The molecule has 0 bridgehead atoms. The van der Waals surface area contributed by atoms with E-state index in [2.05, 4.69) is 31.7 Å². The third-order valence-electron chi connectivity index (χ3n) is 3.43. The van der Waals surface area contributed by atoms with Gasteiger partial charge in [0, 0.05) is 0 Å². The molecule has 0 saturated carbocycles. The van der Waals surface area contributed by atoms with Crippen LogP contribution in [0.3, 0.4) is 0 Å². The summed E-state index contributed by atoms with van der Waals surface area (Å²) in [5, 5.41) is 0. The first-order valence-electron chi connectivity index (χ1n) is 7.47. The fourth-order valence-corrected chi connectivity index (χ4v) is 2.34. The Labute approximate surface area is 113 Å². The third kappa shape index (κ3) is 6.05. The lowest BCUT2D eigenvalue weighted by Crippen LogP contribution is -1.93. The molecular formula is C18H27. The molecule has 0 aliphatic carbocycles. The number of unbranched alkanes of at least 4 members (excludes halogenated alkanes) is 6. The van der Waals surface area contributed by atoms with Crippen molar-refractivity contribution in [2.45, 2.75) is 64.7 Å². The van der Waals surface area contributed by atoms with Gasteiger partial charge in [0.25, 0.3) is 0 Å². The number of benzene rings is 1. The number of hydrogen-bond donors (Lipinski definition) is 0. The predicted octanol–water partition coefficient (Wildman–Crippen LogP) is 5.51. The van der Waals surface area contributed by atoms with Gasteiger partial charge in [-0.25, -0.2) is 0 Å². The van der Waals surface area contributed by atoms with Crippen molar-refractivity contribution in [3.8, 4) is 0 Å². The smallest absolute Gasteiger partial charge is 0.00972 e. The minimum Gasteiger partial charge on any atom is -0.103 e. The summed E-state index contributed by atoms with van der Waals surface area (Å²) in [7, 11) is 0. The average molecular weight is 243 g/mol. The van der Waals surface area contributed by atoms with Crippen LogP contribution in [-0.2, 0) is 12.8 Å². The van der Waals surface area contributed by atoms with Gasteiger partial charge in [0.1, 0.15) is 0 Å². The van der Waals surface area contributed by atoms with Gasteiger partial charge in [-0.15, -0.1) is 6.58 Å². The Morgan fingerprint density at radius 2 is 1.83 bits per heavy atom. The molecule has 0 aliphatic rings. The van der Waals surface area contributed by atoms with Crippen LogP contribution in [0.4, 0.5) is 0 Å². The van der Waals surface area contributed by atoms with Gasteiger partial charge in [-0.3, -0.25) is 0 Å². The van der Waals surface area contributed by atoms with Crippen molar-refractivity contribution in [2.75, 3.05) is 0 Å². The van der Waals surface area contributed by atoms with Crippen molar-refractivity contribution in [3.63, 3.8) is 0 Å². The van der Waals surface area contributed by atoms with E-state index in [4.69, 9.17) is 0 Å². The molecule has 0 atom stereocenters. The molecular weight excluding hydrogens is 216 g/mol. The molecule has 0 spiro atoms. The van der Waals surface area contributed by atoms with Crippen molar-refractivity contribution < 1.29 is 0 Å². The molecule has 1 rings (SSSR count). The topological polar surface area (TPSA) is 0 Å². The average Bonchev–Trinajstić information content (AvgIpc) is 2.40. The largest absolute Gasteiger partial charge is 0.103 e.